The number of hydrogen-bond donors (Lipinski definition) is 5. The van der Waals surface area contributed by atoms with Crippen LogP contribution in [0.15, 0.2) is 30.6 Å². The van der Waals surface area contributed by atoms with Gasteiger partial charge in [-0.15, -0.1) is 4.83 Å². The lowest BCUT2D eigenvalue weighted by Gasteiger charge is -2.23. The molecule has 0 spiro atoms. The van der Waals surface area contributed by atoms with Crippen LogP contribution < -0.4 is 25.6 Å². The van der Waals surface area contributed by atoms with Gasteiger partial charge in [0.1, 0.15) is 30.7 Å². The van der Waals surface area contributed by atoms with Gasteiger partial charge in [-0.25, -0.2) is 23.1 Å². The summed E-state index contributed by atoms with van der Waals surface area (Å²) in [6.45, 7) is 0.880. The quantitative estimate of drug-likeness (QED) is 0.0983. The van der Waals surface area contributed by atoms with Gasteiger partial charge in [0.2, 0.25) is 16.0 Å². The number of hydrogen-bond acceptors (Lipinski definition) is 14. The number of aliphatic hydroxyl groups excluding tert-OH is 1. The minimum Gasteiger partial charge on any atom is -0.461 e. The van der Waals surface area contributed by atoms with Gasteiger partial charge in [-0.1, -0.05) is 18.5 Å². The average Bonchev–Trinajstić information content (AvgIpc) is 3.71. The van der Waals surface area contributed by atoms with E-state index in [1.807, 2.05) is 0 Å². The fourth-order valence-electron chi connectivity index (χ4n) is 5.00. The van der Waals surface area contributed by atoms with Crippen LogP contribution in [0.2, 0.25) is 5.02 Å². The number of rotatable bonds is 13. The van der Waals surface area contributed by atoms with Crippen molar-refractivity contribution in [3.63, 3.8) is 0 Å². The minimum atomic E-state index is -4.21. The van der Waals surface area contributed by atoms with Gasteiger partial charge in [0.25, 0.3) is 0 Å². The number of nitrogens with two attached hydrogens (primary N) is 1. The molecule has 0 radical (unpaired) electrons. The number of aliphatic hydroxyl groups is 1. The monoisotopic (exact) mass is 688 g/mol. The van der Waals surface area contributed by atoms with Gasteiger partial charge in [-0.2, -0.15) is 9.97 Å². The van der Waals surface area contributed by atoms with E-state index in [1.54, 1.807) is 6.92 Å². The third kappa shape index (κ3) is 8.39. The number of fused-ring (bicyclic) bond motifs is 1. The first-order chi connectivity index (χ1) is 21.3. The summed E-state index contributed by atoms with van der Waals surface area (Å²) in [5.41, 5.74) is 8.69. The number of nitrogen functional groups attached to an aromatic ring is 1. The van der Waals surface area contributed by atoms with Crippen LogP contribution in [0.3, 0.4) is 0 Å². The SMILES string of the molecule is C[C@H]1[C@H](O)C(COP(=O)(NCC(=O)OC2CCCC2)Oc2ccc(Cl)cc2)O[C@H]1n1cnc2c(NNS(C)(=O)=O)nc(N)nc21. The van der Waals surface area contributed by atoms with Crippen molar-refractivity contribution >= 4 is 58.3 Å². The lowest BCUT2D eigenvalue weighted by Crippen LogP contribution is -2.32. The highest BCUT2D eigenvalue weighted by Crippen LogP contribution is 2.46. The zero-order valence-electron chi connectivity index (χ0n) is 24.3. The Morgan fingerprint density at radius 1 is 1.24 bits per heavy atom. The second-order valence-corrected chi connectivity index (χ2v) is 14.7. The van der Waals surface area contributed by atoms with Crippen molar-refractivity contribution in [2.24, 2.45) is 5.92 Å². The highest BCUT2D eigenvalue weighted by atomic mass is 35.5. The Morgan fingerprint density at radius 3 is 2.64 bits per heavy atom. The van der Waals surface area contributed by atoms with Crippen LogP contribution in [-0.2, 0) is 33.4 Å². The van der Waals surface area contributed by atoms with Gasteiger partial charge in [0.15, 0.2) is 17.0 Å². The largest absolute Gasteiger partial charge is 0.461 e. The highest BCUT2D eigenvalue weighted by Gasteiger charge is 2.44. The number of halogens is 1. The lowest BCUT2D eigenvalue weighted by molar-refractivity contribution is -0.147. The molecule has 2 fully saturated rings. The zero-order valence-corrected chi connectivity index (χ0v) is 26.8. The van der Waals surface area contributed by atoms with Crippen LogP contribution in [-0.4, -0.2) is 76.7 Å². The van der Waals surface area contributed by atoms with Crippen LogP contribution in [0.4, 0.5) is 11.8 Å². The van der Waals surface area contributed by atoms with E-state index in [2.05, 4.69) is 30.3 Å². The molecule has 3 aromatic rings. The molecule has 3 heterocycles. The average molecular weight is 689 g/mol. The second kappa shape index (κ2) is 13.7. The molecule has 1 saturated carbocycles. The molecule has 17 nitrogen and oxygen atoms in total. The van der Waals surface area contributed by atoms with Gasteiger partial charge in [0, 0.05) is 10.9 Å². The van der Waals surface area contributed by atoms with Crippen molar-refractivity contribution < 1.29 is 41.4 Å². The number of ether oxygens (including phenoxy) is 2. The highest BCUT2D eigenvalue weighted by molar-refractivity contribution is 7.88. The molecule has 45 heavy (non-hydrogen) atoms. The van der Waals surface area contributed by atoms with Crippen LogP contribution in [0.5, 0.6) is 5.75 Å². The number of benzene rings is 1. The summed E-state index contributed by atoms with van der Waals surface area (Å²) in [5, 5.41) is 14.0. The predicted molar refractivity (Wildman–Crippen MR) is 162 cm³/mol. The predicted octanol–water partition coefficient (Wildman–Crippen LogP) is 2.11. The maximum atomic E-state index is 13.8. The first-order valence-electron chi connectivity index (χ1n) is 14.0. The maximum Gasteiger partial charge on any atom is 0.459 e. The second-order valence-electron chi connectivity index (χ2n) is 10.7. The third-order valence-corrected chi connectivity index (χ3v) is 9.43. The number of anilines is 2. The minimum absolute atomic E-state index is 0.00516. The molecular weight excluding hydrogens is 655 g/mol. The number of esters is 1. The number of nitrogens with one attached hydrogen (secondary N) is 3. The smallest absolute Gasteiger partial charge is 0.459 e. The summed E-state index contributed by atoms with van der Waals surface area (Å²) in [6, 6.07) is 6.05. The molecule has 0 amide bonds. The fourth-order valence-corrected chi connectivity index (χ4v) is 6.68. The Labute approximate surface area is 263 Å². The lowest BCUT2D eigenvalue weighted by atomic mass is 10.0. The van der Waals surface area contributed by atoms with E-state index in [4.69, 9.17) is 35.9 Å². The van der Waals surface area contributed by atoms with E-state index in [-0.39, 0.29) is 34.8 Å². The van der Waals surface area contributed by atoms with Crippen molar-refractivity contribution in [1.29, 1.82) is 0 Å². The normalized spacial score (nSPS) is 23.6. The molecule has 1 aliphatic heterocycles. The molecule has 2 aromatic heterocycles. The molecule has 20 heteroatoms. The van der Waals surface area contributed by atoms with E-state index in [0.29, 0.717) is 5.02 Å². The summed E-state index contributed by atoms with van der Waals surface area (Å²) >= 11 is 5.96. The van der Waals surface area contributed by atoms with Gasteiger partial charge in [-0.05, 0) is 49.9 Å². The summed E-state index contributed by atoms with van der Waals surface area (Å²) in [4.78, 5) is 27.0. The van der Waals surface area contributed by atoms with E-state index in [0.717, 1.165) is 31.9 Å². The molecule has 1 aromatic carbocycles. The third-order valence-electron chi connectivity index (χ3n) is 7.22. The molecule has 2 unspecified atom stereocenters. The molecule has 5 rings (SSSR count). The molecule has 0 bridgehead atoms. The van der Waals surface area contributed by atoms with Crippen LogP contribution >= 0.6 is 19.3 Å². The first kappa shape index (κ1) is 33.3. The van der Waals surface area contributed by atoms with E-state index in [9.17, 15) is 22.9 Å². The molecule has 1 aliphatic carbocycles. The Balaban J connectivity index is 1.30. The van der Waals surface area contributed by atoms with Gasteiger partial charge >= 0.3 is 13.7 Å². The number of carbonyl (C=O) groups is 1. The van der Waals surface area contributed by atoms with E-state index < -0.39 is 61.2 Å². The summed E-state index contributed by atoms with van der Waals surface area (Å²) in [7, 11) is -7.84. The number of sulfonamides is 1. The van der Waals surface area contributed by atoms with Crippen molar-refractivity contribution in [1.82, 2.24) is 29.4 Å². The number of carbonyl (C=O) groups excluding carboxylic acids is 1. The van der Waals surface area contributed by atoms with Crippen molar-refractivity contribution in [3.8, 4) is 5.75 Å². The standard InChI is InChI=1S/C25H34ClN8O9PS/c1-14-21(36)18(42-24(14)34-13-28-20-22(32-33-45(2,38)39)30-25(27)31-23(20)34)12-40-44(37,43-17-9-7-15(26)8-10-17)29-11-19(35)41-16-5-3-4-6-16/h7-10,13-14,16,18,21,24,33,36H,3-6,11-12H2,1-2H3,(H,29,37)(H3,27,30,31,32)/t14-,18?,21-,24+,44?/m0/s1. The molecule has 246 valence electrons. The molecule has 1 saturated heterocycles. The Hall–Kier alpha value is -3.09. The molecule has 5 atom stereocenters. The maximum absolute atomic E-state index is 13.8. The van der Waals surface area contributed by atoms with E-state index >= 15 is 0 Å². The molecule has 2 aliphatic rings. The first-order valence-corrected chi connectivity index (χ1v) is 17.8. The zero-order chi connectivity index (χ0) is 32.4. The van der Waals surface area contributed by atoms with Crippen LogP contribution in [0.25, 0.3) is 11.2 Å². The number of hydrazine groups is 1. The van der Waals surface area contributed by atoms with Crippen LogP contribution in [0.1, 0.15) is 38.8 Å². The van der Waals surface area contributed by atoms with Gasteiger partial charge in [-0.3, -0.25) is 19.3 Å². The number of nitrogens with zero attached hydrogens (tertiary/aromatic N) is 4. The molecule has 6 N–H and O–H groups in total. The van der Waals surface area contributed by atoms with Gasteiger partial charge < -0.3 is 24.8 Å². The Kier molecular flexibility index (Phi) is 10.1. The Bertz CT molecular complexity index is 1670. The van der Waals surface area contributed by atoms with E-state index in [1.165, 1.54) is 35.2 Å². The van der Waals surface area contributed by atoms with Gasteiger partial charge in [0.05, 0.1) is 25.3 Å². The number of aromatic nitrogens is 4. The van der Waals surface area contributed by atoms with Crippen molar-refractivity contribution in [2.75, 3.05) is 30.6 Å². The summed E-state index contributed by atoms with van der Waals surface area (Å²) in [5.74, 6) is -1.17. The molecular formula is C25H34ClN8O9PS. The summed E-state index contributed by atoms with van der Waals surface area (Å²) in [6.07, 6.45) is 2.72. The topological polar surface area (TPSA) is 231 Å². The fraction of sp³-hybridized carbons (Fsp3) is 0.520. The number of imidazole rings is 1. The Morgan fingerprint density at radius 2 is 1.96 bits per heavy atom. The van der Waals surface area contributed by atoms with Crippen LogP contribution in [0, 0.1) is 5.92 Å². The van der Waals surface area contributed by atoms with Crippen molar-refractivity contribution in [2.45, 2.75) is 57.1 Å². The summed E-state index contributed by atoms with van der Waals surface area (Å²) < 4.78 is 61.3. The van der Waals surface area contributed by atoms with Crippen molar-refractivity contribution in [3.05, 3.63) is 35.6 Å².